The molecule has 0 aliphatic rings. The molecule has 0 saturated heterocycles. The van der Waals surface area contributed by atoms with Gasteiger partial charge in [-0.25, -0.2) is 0 Å². The van der Waals surface area contributed by atoms with E-state index in [9.17, 15) is 14.4 Å². The lowest BCUT2D eigenvalue weighted by Gasteiger charge is -2.05. The first-order chi connectivity index (χ1) is 7.52. The van der Waals surface area contributed by atoms with Gasteiger partial charge in [0, 0.05) is 5.56 Å². The van der Waals surface area contributed by atoms with Gasteiger partial charge in [0.2, 0.25) is 0 Å². The summed E-state index contributed by atoms with van der Waals surface area (Å²) < 4.78 is 0. The minimum absolute atomic E-state index is 0.203. The van der Waals surface area contributed by atoms with Crippen molar-refractivity contribution in [3.05, 3.63) is 35.9 Å². The van der Waals surface area contributed by atoms with E-state index in [4.69, 9.17) is 0 Å². The summed E-state index contributed by atoms with van der Waals surface area (Å²) in [6.07, 6.45) is -0.204. The minimum Gasteiger partial charge on any atom is -0.299 e. The van der Waals surface area contributed by atoms with E-state index in [0.29, 0.717) is 5.56 Å². The van der Waals surface area contributed by atoms with E-state index in [1.807, 2.05) is 0 Å². The zero-order valence-corrected chi connectivity index (χ0v) is 9.40. The predicted molar refractivity (Wildman–Crippen MR) is 60.2 cm³/mol. The summed E-state index contributed by atoms with van der Waals surface area (Å²) in [5.41, 5.74) is 0.506. The highest BCUT2D eigenvalue weighted by Crippen LogP contribution is 2.08. The van der Waals surface area contributed by atoms with Gasteiger partial charge in [-0.3, -0.25) is 14.4 Å². The Kier molecular flexibility index (Phi) is 4.11. The summed E-state index contributed by atoms with van der Waals surface area (Å²) in [4.78, 5) is 34.1. The smallest absolute Gasteiger partial charge is 0.170 e. The van der Waals surface area contributed by atoms with Gasteiger partial charge in [0.1, 0.15) is 5.78 Å². The molecule has 1 atom stereocenters. The Bertz CT molecular complexity index is 406. The first-order valence-electron chi connectivity index (χ1n) is 5.13. The van der Waals surface area contributed by atoms with Crippen LogP contribution in [0.4, 0.5) is 0 Å². The maximum Gasteiger partial charge on any atom is 0.170 e. The molecule has 1 rings (SSSR count). The maximum atomic E-state index is 11.7. The van der Waals surface area contributed by atoms with Crippen molar-refractivity contribution < 1.29 is 14.4 Å². The molecule has 0 bridgehead atoms. The van der Waals surface area contributed by atoms with Gasteiger partial charge in [-0.2, -0.15) is 0 Å². The van der Waals surface area contributed by atoms with Crippen LogP contribution in [0.5, 0.6) is 0 Å². The molecule has 3 heteroatoms. The molecule has 0 saturated carbocycles. The Hall–Kier alpha value is -1.77. The van der Waals surface area contributed by atoms with E-state index in [-0.39, 0.29) is 23.8 Å². The highest BCUT2D eigenvalue weighted by atomic mass is 16.2. The molecule has 0 N–H and O–H groups in total. The third kappa shape index (κ3) is 3.12. The van der Waals surface area contributed by atoms with Crippen LogP contribution in [0.15, 0.2) is 30.3 Å². The van der Waals surface area contributed by atoms with E-state index in [2.05, 4.69) is 0 Å². The number of carbonyl (C=O) groups excluding carboxylic acids is 3. The van der Waals surface area contributed by atoms with Gasteiger partial charge >= 0.3 is 0 Å². The fourth-order valence-corrected chi connectivity index (χ4v) is 1.26. The Labute approximate surface area is 94.5 Å². The number of rotatable bonds is 5. The van der Waals surface area contributed by atoms with Gasteiger partial charge in [0.05, 0.1) is 12.3 Å². The van der Waals surface area contributed by atoms with Gasteiger partial charge in [-0.1, -0.05) is 30.3 Å². The number of benzene rings is 1. The second kappa shape index (κ2) is 5.35. The first-order valence-corrected chi connectivity index (χ1v) is 5.13. The van der Waals surface area contributed by atoms with Gasteiger partial charge < -0.3 is 0 Å². The third-order valence-electron chi connectivity index (χ3n) is 2.52. The van der Waals surface area contributed by atoms with Crippen LogP contribution in [-0.2, 0) is 9.59 Å². The molecule has 0 spiro atoms. The molecule has 0 aliphatic heterocycles. The zero-order chi connectivity index (χ0) is 12.1. The lowest BCUT2D eigenvalue weighted by molar-refractivity contribution is -0.130. The zero-order valence-electron chi connectivity index (χ0n) is 9.40. The number of ketones is 3. The number of hydrogen-bond donors (Lipinski definition) is 0. The molecule has 1 aromatic carbocycles. The Morgan fingerprint density at radius 3 is 2.19 bits per heavy atom. The molecular weight excluding hydrogens is 204 g/mol. The molecule has 84 valence electrons. The largest absolute Gasteiger partial charge is 0.299 e. The summed E-state index contributed by atoms with van der Waals surface area (Å²) in [6.45, 7) is 2.89. The molecule has 3 nitrogen and oxygen atoms in total. The fourth-order valence-electron chi connectivity index (χ4n) is 1.26. The van der Waals surface area contributed by atoms with Crippen molar-refractivity contribution in [2.75, 3.05) is 0 Å². The third-order valence-corrected chi connectivity index (χ3v) is 2.52. The van der Waals surface area contributed by atoms with Crippen molar-refractivity contribution in [2.45, 2.75) is 20.3 Å². The van der Waals surface area contributed by atoms with Gasteiger partial charge in [0.15, 0.2) is 11.6 Å². The second-order valence-electron chi connectivity index (χ2n) is 3.76. The van der Waals surface area contributed by atoms with Crippen molar-refractivity contribution in [3.63, 3.8) is 0 Å². The maximum absolute atomic E-state index is 11.7. The van der Waals surface area contributed by atoms with E-state index in [0.717, 1.165) is 0 Å². The molecule has 0 aliphatic carbocycles. The Morgan fingerprint density at radius 1 is 1.12 bits per heavy atom. The van der Waals surface area contributed by atoms with Crippen molar-refractivity contribution in [1.29, 1.82) is 0 Å². The van der Waals surface area contributed by atoms with Crippen molar-refractivity contribution in [3.8, 4) is 0 Å². The molecule has 16 heavy (non-hydrogen) atoms. The van der Waals surface area contributed by atoms with Gasteiger partial charge in [-0.15, -0.1) is 0 Å². The normalized spacial score (nSPS) is 11.9. The van der Waals surface area contributed by atoms with Crippen LogP contribution >= 0.6 is 0 Å². The van der Waals surface area contributed by atoms with Crippen LogP contribution < -0.4 is 0 Å². The Balaban J connectivity index is 2.66. The fraction of sp³-hybridized carbons (Fsp3) is 0.308. The summed E-state index contributed by atoms with van der Waals surface area (Å²) in [5.74, 6) is -1.45. The van der Waals surface area contributed by atoms with E-state index >= 15 is 0 Å². The average molecular weight is 218 g/mol. The first kappa shape index (κ1) is 12.3. The minimum atomic E-state index is -0.687. The predicted octanol–water partition coefficient (Wildman–Crippen LogP) is 2.05. The topological polar surface area (TPSA) is 51.2 Å². The highest BCUT2D eigenvalue weighted by Gasteiger charge is 2.20. The number of hydrogen-bond acceptors (Lipinski definition) is 3. The van der Waals surface area contributed by atoms with Crippen LogP contribution in [0.25, 0.3) is 0 Å². The van der Waals surface area contributed by atoms with Crippen LogP contribution in [0.2, 0.25) is 0 Å². The quantitative estimate of drug-likeness (QED) is 0.561. The lowest BCUT2D eigenvalue weighted by Crippen LogP contribution is -2.21. The van der Waals surface area contributed by atoms with Crippen LogP contribution in [0.1, 0.15) is 30.6 Å². The highest BCUT2D eigenvalue weighted by molar-refractivity contribution is 6.13. The molecule has 1 unspecified atom stereocenters. The van der Waals surface area contributed by atoms with Gasteiger partial charge in [0.25, 0.3) is 0 Å². The molecule has 0 aromatic heterocycles. The summed E-state index contributed by atoms with van der Waals surface area (Å²) in [5, 5.41) is 0. The monoisotopic (exact) mass is 218 g/mol. The SMILES string of the molecule is CC(=O)C(C)C(=O)CC(=O)c1ccccc1. The standard InChI is InChI=1S/C13H14O3/c1-9(10(2)14)12(15)8-13(16)11-6-4-3-5-7-11/h3-7,9H,8H2,1-2H3. The Morgan fingerprint density at radius 2 is 1.69 bits per heavy atom. The number of carbonyl (C=O) groups is 3. The van der Waals surface area contributed by atoms with Crippen molar-refractivity contribution in [1.82, 2.24) is 0 Å². The molecule has 0 fully saturated rings. The molecule has 0 heterocycles. The lowest BCUT2D eigenvalue weighted by atomic mass is 9.96. The van der Waals surface area contributed by atoms with Crippen LogP contribution in [0, 0.1) is 5.92 Å². The van der Waals surface area contributed by atoms with Crippen LogP contribution in [-0.4, -0.2) is 17.3 Å². The van der Waals surface area contributed by atoms with Crippen molar-refractivity contribution in [2.24, 2.45) is 5.92 Å². The summed E-state index contributed by atoms with van der Waals surface area (Å²) in [6, 6.07) is 8.61. The summed E-state index contributed by atoms with van der Waals surface area (Å²) >= 11 is 0. The van der Waals surface area contributed by atoms with Gasteiger partial charge in [-0.05, 0) is 13.8 Å². The average Bonchev–Trinajstić information content (AvgIpc) is 2.28. The number of Topliss-reactive ketones (excluding diaryl/α,β-unsaturated/α-hetero) is 3. The van der Waals surface area contributed by atoms with E-state index in [1.165, 1.54) is 13.8 Å². The van der Waals surface area contributed by atoms with E-state index in [1.54, 1.807) is 30.3 Å². The molecule has 0 amide bonds. The van der Waals surface area contributed by atoms with Crippen molar-refractivity contribution >= 4 is 17.3 Å². The molecule has 0 radical (unpaired) electrons. The van der Waals surface area contributed by atoms with Crippen LogP contribution in [0.3, 0.4) is 0 Å². The molecular formula is C13H14O3. The second-order valence-corrected chi connectivity index (χ2v) is 3.76. The molecule has 1 aromatic rings. The summed E-state index contributed by atoms with van der Waals surface area (Å²) in [7, 11) is 0. The van der Waals surface area contributed by atoms with E-state index < -0.39 is 5.92 Å².